The minimum absolute atomic E-state index is 0.000885. The second-order valence-corrected chi connectivity index (χ2v) is 7.63. The van der Waals surface area contributed by atoms with Crippen LogP contribution in [0.3, 0.4) is 0 Å². The molecule has 0 aliphatic carbocycles. The number of piperidine rings is 3. The summed E-state index contributed by atoms with van der Waals surface area (Å²) in [5.41, 5.74) is 1.65. The van der Waals surface area contributed by atoms with Crippen molar-refractivity contribution >= 4 is 28.5 Å². The fraction of sp³-hybridized carbons (Fsp3) is 0.526. The largest absolute Gasteiger partial charge is 0.460 e. The predicted octanol–water partition coefficient (Wildman–Crippen LogP) is 0.588. The van der Waals surface area contributed by atoms with E-state index in [1.807, 2.05) is 0 Å². The number of amides is 2. The van der Waals surface area contributed by atoms with Gasteiger partial charge in [0.2, 0.25) is 5.91 Å². The van der Waals surface area contributed by atoms with Gasteiger partial charge >= 0.3 is 0 Å². The standard InChI is InChI=1S/C19H23N5O3/c25-18-9-20-3-6-24(18)16-11-27-17-8-21-14(7-13(16)17)19(26)22-15-10-23-4-1-12(15)2-5-23/h7-8,11-12,15,20H,1-6,9-10H2,(H,22,26). The average molecular weight is 369 g/mol. The van der Waals surface area contributed by atoms with E-state index in [4.69, 9.17) is 4.42 Å². The third-order valence-electron chi connectivity index (χ3n) is 6.03. The number of carbonyl (C=O) groups is 2. The van der Waals surface area contributed by atoms with Crippen molar-refractivity contribution in [2.24, 2.45) is 5.92 Å². The van der Waals surface area contributed by atoms with Gasteiger partial charge in [-0.15, -0.1) is 0 Å². The Bertz CT molecular complexity index is 887. The van der Waals surface area contributed by atoms with Gasteiger partial charge in [-0.3, -0.25) is 9.59 Å². The van der Waals surface area contributed by atoms with Crippen molar-refractivity contribution < 1.29 is 14.0 Å². The zero-order chi connectivity index (χ0) is 18.4. The van der Waals surface area contributed by atoms with Crippen LogP contribution in [-0.2, 0) is 4.79 Å². The molecule has 2 bridgehead atoms. The summed E-state index contributed by atoms with van der Waals surface area (Å²) in [7, 11) is 0. The Morgan fingerprint density at radius 1 is 1.30 bits per heavy atom. The molecule has 2 amide bonds. The molecular formula is C19H23N5O3. The van der Waals surface area contributed by atoms with E-state index < -0.39 is 0 Å². The Balaban J connectivity index is 1.39. The molecule has 6 rings (SSSR count). The minimum Gasteiger partial charge on any atom is -0.460 e. The van der Waals surface area contributed by atoms with Crippen LogP contribution in [0.5, 0.6) is 0 Å². The summed E-state index contributed by atoms with van der Waals surface area (Å²) in [6.45, 7) is 4.82. The number of hydrogen-bond donors (Lipinski definition) is 2. The summed E-state index contributed by atoms with van der Waals surface area (Å²) in [6, 6.07) is 1.93. The van der Waals surface area contributed by atoms with Crippen LogP contribution in [0.25, 0.3) is 11.0 Å². The normalized spacial score (nSPS) is 27.9. The molecule has 2 N–H and O–H groups in total. The van der Waals surface area contributed by atoms with E-state index in [-0.39, 0.29) is 17.9 Å². The average Bonchev–Trinajstić information content (AvgIpc) is 3.12. The maximum absolute atomic E-state index is 12.8. The lowest BCUT2D eigenvalue weighted by Crippen LogP contribution is -2.57. The smallest absolute Gasteiger partial charge is 0.270 e. The number of anilines is 1. The Kier molecular flexibility index (Phi) is 4.09. The van der Waals surface area contributed by atoms with Crippen LogP contribution < -0.4 is 15.5 Å². The van der Waals surface area contributed by atoms with Crippen molar-refractivity contribution in [3.05, 3.63) is 24.2 Å². The van der Waals surface area contributed by atoms with Gasteiger partial charge in [-0.2, -0.15) is 0 Å². The van der Waals surface area contributed by atoms with Crippen molar-refractivity contribution in [2.45, 2.75) is 18.9 Å². The minimum atomic E-state index is -0.158. The van der Waals surface area contributed by atoms with Crippen molar-refractivity contribution in [3.63, 3.8) is 0 Å². The summed E-state index contributed by atoms with van der Waals surface area (Å²) in [4.78, 5) is 33.4. The Morgan fingerprint density at radius 3 is 2.89 bits per heavy atom. The highest BCUT2D eigenvalue weighted by Gasteiger charge is 2.35. The first kappa shape index (κ1) is 16.7. The highest BCUT2D eigenvalue weighted by molar-refractivity contribution is 6.05. The van der Waals surface area contributed by atoms with Crippen molar-refractivity contribution in [1.29, 1.82) is 0 Å². The zero-order valence-electron chi connectivity index (χ0n) is 15.1. The second kappa shape index (κ2) is 6.61. The Labute approximate surface area is 156 Å². The van der Waals surface area contributed by atoms with Gasteiger partial charge in [0.05, 0.1) is 18.4 Å². The van der Waals surface area contributed by atoms with Gasteiger partial charge in [0.15, 0.2) is 5.58 Å². The second-order valence-electron chi connectivity index (χ2n) is 7.63. The summed E-state index contributed by atoms with van der Waals surface area (Å²) in [5, 5.41) is 6.98. The molecule has 2 aromatic heterocycles. The van der Waals surface area contributed by atoms with Gasteiger partial charge in [-0.1, -0.05) is 0 Å². The summed E-state index contributed by atoms with van der Waals surface area (Å²) >= 11 is 0. The predicted molar refractivity (Wildman–Crippen MR) is 99.6 cm³/mol. The topological polar surface area (TPSA) is 90.7 Å². The molecule has 0 spiro atoms. The van der Waals surface area contributed by atoms with Crippen LogP contribution in [0, 0.1) is 5.92 Å². The van der Waals surface area contributed by atoms with E-state index in [2.05, 4.69) is 20.5 Å². The number of nitrogens with zero attached hydrogens (tertiary/aromatic N) is 3. The molecule has 0 aromatic carbocycles. The highest BCUT2D eigenvalue weighted by Crippen LogP contribution is 2.30. The molecule has 4 fully saturated rings. The molecule has 4 aliphatic heterocycles. The van der Waals surface area contributed by atoms with Crippen LogP contribution in [0.2, 0.25) is 0 Å². The molecule has 0 saturated carbocycles. The lowest BCUT2D eigenvalue weighted by atomic mass is 9.84. The number of furan rings is 1. The van der Waals surface area contributed by atoms with Crippen molar-refractivity contribution in [1.82, 2.24) is 20.5 Å². The van der Waals surface area contributed by atoms with Gasteiger partial charge in [0.25, 0.3) is 5.91 Å². The lowest BCUT2D eigenvalue weighted by Gasteiger charge is -2.44. The maximum atomic E-state index is 12.8. The van der Waals surface area contributed by atoms with Gasteiger partial charge < -0.3 is 24.9 Å². The molecule has 0 radical (unpaired) electrons. The van der Waals surface area contributed by atoms with Crippen LogP contribution in [0.15, 0.2) is 22.9 Å². The molecular weight excluding hydrogens is 346 g/mol. The number of carbonyl (C=O) groups excluding carboxylic acids is 2. The Morgan fingerprint density at radius 2 is 2.15 bits per heavy atom. The summed E-state index contributed by atoms with van der Waals surface area (Å²) in [6.07, 6.45) is 5.43. The van der Waals surface area contributed by atoms with E-state index in [1.165, 1.54) is 0 Å². The molecule has 8 heteroatoms. The lowest BCUT2D eigenvalue weighted by molar-refractivity contribution is -0.118. The van der Waals surface area contributed by atoms with Gasteiger partial charge in [0, 0.05) is 31.1 Å². The quantitative estimate of drug-likeness (QED) is 0.823. The van der Waals surface area contributed by atoms with Gasteiger partial charge in [-0.25, -0.2) is 4.98 Å². The van der Waals surface area contributed by atoms with Gasteiger partial charge in [-0.05, 0) is 37.9 Å². The number of fused-ring (bicyclic) bond motifs is 4. The molecule has 6 heterocycles. The molecule has 1 atom stereocenters. The number of hydrogen-bond acceptors (Lipinski definition) is 6. The van der Waals surface area contributed by atoms with E-state index >= 15 is 0 Å². The van der Waals surface area contributed by atoms with Crippen LogP contribution >= 0.6 is 0 Å². The fourth-order valence-electron chi connectivity index (χ4n) is 4.48. The number of piperazine rings is 1. The number of nitrogens with one attached hydrogen (secondary N) is 2. The van der Waals surface area contributed by atoms with Crippen molar-refractivity contribution in [2.75, 3.05) is 44.2 Å². The monoisotopic (exact) mass is 369 g/mol. The zero-order valence-corrected chi connectivity index (χ0v) is 15.1. The molecule has 142 valence electrons. The SMILES string of the molecule is O=C(NC1CN2CCC1CC2)c1cc2c(N3CCNCC3=O)coc2cn1. The number of pyridine rings is 1. The molecule has 27 heavy (non-hydrogen) atoms. The van der Waals surface area contributed by atoms with Gasteiger partial charge in [0.1, 0.15) is 12.0 Å². The van der Waals surface area contributed by atoms with Crippen LogP contribution in [0.4, 0.5) is 5.69 Å². The molecule has 1 unspecified atom stereocenters. The third kappa shape index (κ3) is 2.98. The number of rotatable bonds is 3. The van der Waals surface area contributed by atoms with E-state index in [0.717, 1.165) is 44.4 Å². The molecule has 2 aromatic rings. The first-order valence-corrected chi connectivity index (χ1v) is 9.60. The fourth-order valence-corrected chi connectivity index (χ4v) is 4.48. The summed E-state index contributed by atoms with van der Waals surface area (Å²) in [5.74, 6) is 0.402. The first-order valence-electron chi connectivity index (χ1n) is 9.60. The number of aromatic nitrogens is 1. The van der Waals surface area contributed by atoms with Crippen LogP contribution in [-0.4, -0.2) is 67.0 Å². The first-order chi connectivity index (χ1) is 13.2. The Hall–Kier alpha value is -2.45. The maximum Gasteiger partial charge on any atom is 0.270 e. The molecule has 4 saturated heterocycles. The summed E-state index contributed by atoms with van der Waals surface area (Å²) < 4.78 is 5.56. The van der Waals surface area contributed by atoms with E-state index in [1.54, 1.807) is 23.4 Å². The molecule has 8 nitrogen and oxygen atoms in total. The van der Waals surface area contributed by atoms with Crippen molar-refractivity contribution in [3.8, 4) is 0 Å². The molecule has 4 aliphatic rings. The van der Waals surface area contributed by atoms with E-state index in [0.29, 0.717) is 36.0 Å². The van der Waals surface area contributed by atoms with E-state index in [9.17, 15) is 9.59 Å². The third-order valence-corrected chi connectivity index (χ3v) is 6.03. The highest BCUT2D eigenvalue weighted by atomic mass is 16.3. The van der Waals surface area contributed by atoms with Crippen LogP contribution in [0.1, 0.15) is 23.3 Å².